The van der Waals surface area contributed by atoms with Gasteiger partial charge in [-0.2, -0.15) is 4.31 Å². The fourth-order valence-corrected chi connectivity index (χ4v) is 3.81. The van der Waals surface area contributed by atoms with Crippen LogP contribution in [0.3, 0.4) is 0 Å². The number of hydrogen-bond donors (Lipinski definition) is 1. The smallest absolute Gasteiger partial charge is 0.243 e. The summed E-state index contributed by atoms with van der Waals surface area (Å²) >= 11 is 5.82. The van der Waals surface area contributed by atoms with Crippen LogP contribution in [0.5, 0.6) is 5.75 Å². The molecule has 0 spiro atoms. The fraction of sp³-hybridized carbons (Fsp3) is 0.278. The zero-order valence-corrected chi connectivity index (χ0v) is 16.2. The Bertz CT molecular complexity index is 836. The number of nitrogens with one attached hydrogen (secondary N) is 1. The molecule has 0 saturated heterocycles. The summed E-state index contributed by atoms with van der Waals surface area (Å²) in [5.74, 6) is 0.187. The second-order valence-electron chi connectivity index (χ2n) is 5.51. The molecular formula is C18H21ClN2O4S. The lowest BCUT2D eigenvalue weighted by Gasteiger charge is -2.20. The van der Waals surface area contributed by atoms with Crippen molar-refractivity contribution < 1.29 is 17.9 Å². The number of hydrogen-bond acceptors (Lipinski definition) is 4. The van der Waals surface area contributed by atoms with E-state index in [-0.39, 0.29) is 23.9 Å². The second-order valence-corrected chi connectivity index (χ2v) is 7.88. The number of nitrogens with zero attached hydrogens (tertiary/aromatic N) is 1. The summed E-state index contributed by atoms with van der Waals surface area (Å²) < 4.78 is 31.6. The molecule has 0 fully saturated rings. The van der Waals surface area contributed by atoms with E-state index in [2.05, 4.69) is 5.32 Å². The molecule has 0 unspecified atom stereocenters. The molecule has 0 heterocycles. The highest BCUT2D eigenvalue weighted by atomic mass is 35.5. The number of halogens is 1. The van der Waals surface area contributed by atoms with Gasteiger partial charge in [0.2, 0.25) is 15.9 Å². The Morgan fingerprint density at radius 2 is 1.73 bits per heavy atom. The first-order chi connectivity index (χ1) is 12.4. The van der Waals surface area contributed by atoms with E-state index in [0.717, 1.165) is 9.87 Å². The lowest BCUT2D eigenvalue weighted by Crippen LogP contribution is -2.40. The molecule has 0 radical (unpaired) electrons. The Balaban J connectivity index is 2.01. The van der Waals surface area contributed by atoms with Crippen LogP contribution in [0.25, 0.3) is 0 Å². The van der Waals surface area contributed by atoms with Crippen molar-refractivity contribution in [2.24, 2.45) is 0 Å². The summed E-state index contributed by atoms with van der Waals surface area (Å²) in [6.45, 7) is 1.92. The van der Waals surface area contributed by atoms with E-state index in [4.69, 9.17) is 16.3 Å². The van der Waals surface area contributed by atoms with Crippen LogP contribution in [-0.2, 0) is 21.4 Å². The maximum absolute atomic E-state index is 12.7. The van der Waals surface area contributed by atoms with Gasteiger partial charge in [-0.25, -0.2) is 8.42 Å². The third-order valence-electron chi connectivity index (χ3n) is 3.77. The van der Waals surface area contributed by atoms with E-state index in [0.29, 0.717) is 17.3 Å². The number of rotatable bonds is 8. The Morgan fingerprint density at radius 3 is 2.27 bits per heavy atom. The summed E-state index contributed by atoms with van der Waals surface area (Å²) in [5, 5.41) is 3.33. The average Bonchev–Trinajstić information content (AvgIpc) is 2.65. The molecule has 0 bridgehead atoms. The van der Waals surface area contributed by atoms with Crippen LogP contribution < -0.4 is 10.1 Å². The summed E-state index contributed by atoms with van der Waals surface area (Å²) in [6, 6.07) is 13.1. The van der Waals surface area contributed by atoms with Gasteiger partial charge in [-0.1, -0.05) is 30.7 Å². The number of sulfonamides is 1. The lowest BCUT2D eigenvalue weighted by molar-refractivity contribution is -0.121. The molecule has 2 aromatic carbocycles. The molecule has 0 aliphatic rings. The van der Waals surface area contributed by atoms with Crippen LogP contribution in [0.4, 0.5) is 0 Å². The van der Waals surface area contributed by atoms with Crippen molar-refractivity contribution in [1.82, 2.24) is 9.62 Å². The molecule has 2 aromatic rings. The number of ether oxygens (including phenoxy) is 1. The summed E-state index contributed by atoms with van der Waals surface area (Å²) in [4.78, 5) is 12.3. The van der Waals surface area contributed by atoms with Gasteiger partial charge < -0.3 is 10.1 Å². The minimum Gasteiger partial charge on any atom is -0.497 e. The van der Waals surface area contributed by atoms with Gasteiger partial charge in [-0.05, 0) is 42.0 Å². The largest absolute Gasteiger partial charge is 0.497 e. The van der Waals surface area contributed by atoms with Gasteiger partial charge in [0.05, 0.1) is 18.6 Å². The van der Waals surface area contributed by atoms with Gasteiger partial charge in [0.1, 0.15) is 5.75 Å². The maximum Gasteiger partial charge on any atom is 0.243 e. The van der Waals surface area contributed by atoms with Gasteiger partial charge >= 0.3 is 0 Å². The molecule has 0 aliphatic heterocycles. The monoisotopic (exact) mass is 396 g/mol. The highest BCUT2D eigenvalue weighted by Gasteiger charge is 2.25. The molecule has 0 saturated carbocycles. The third kappa shape index (κ3) is 5.20. The number of amides is 1. The van der Waals surface area contributed by atoms with E-state index in [1.165, 1.54) is 19.2 Å². The second kappa shape index (κ2) is 9.02. The molecule has 0 aliphatic carbocycles. The molecule has 6 nitrogen and oxygen atoms in total. The molecule has 2 rings (SSSR count). The molecule has 0 atom stereocenters. The molecule has 140 valence electrons. The van der Waals surface area contributed by atoms with E-state index in [1.807, 2.05) is 0 Å². The highest BCUT2D eigenvalue weighted by molar-refractivity contribution is 7.89. The molecule has 1 N–H and O–H groups in total. The highest BCUT2D eigenvalue weighted by Crippen LogP contribution is 2.19. The van der Waals surface area contributed by atoms with Crippen LogP contribution in [0.1, 0.15) is 12.5 Å². The zero-order chi connectivity index (χ0) is 19.2. The number of carbonyl (C=O) groups excluding carboxylic acids is 1. The van der Waals surface area contributed by atoms with Crippen molar-refractivity contribution in [1.29, 1.82) is 0 Å². The molecule has 1 amide bonds. The van der Waals surface area contributed by atoms with Crippen molar-refractivity contribution in [3.8, 4) is 5.75 Å². The van der Waals surface area contributed by atoms with Crippen LogP contribution >= 0.6 is 11.6 Å². The van der Waals surface area contributed by atoms with Crippen molar-refractivity contribution in [2.45, 2.75) is 18.4 Å². The van der Waals surface area contributed by atoms with Gasteiger partial charge in [-0.3, -0.25) is 4.79 Å². The maximum atomic E-state index is 12.7. The van der Waals surface area contributed by atoms with Gasteiger partial charge in [0.25, 0.3) is 0 Å². The minimum absolute atomic E-state index is 0.116. The first-order valence-electron chi connectivity index (χ1n) is 8.02. The molecular weight excluding hydrogens is 376 g/mol. The Morgan fingerprint density at radius 1 is 1.12 bits per heavy atom. The number of likely N-dealkylation sites (N-methyl/N-ethyl adjacent to an activating group) is 1. The van der Waals surface area contributed by atoms with Crippen molar-refractivity contribution in [3.05, 3.63) is 59.1 Å². The standard InChI is InChI=1S/C18H21ClN2O4S/c1-3-21(26(23,24)17-10-8-16(25-2)9-11-17)13-18(22)20-12-14-4-6-15(19)7-5-14/h4-11H,3,12-13H2,1-2H3,(H,20,22). The molecule has 26 heavy (non-hydrogen) atoms. The van der Waals surface area contributed by atoms with Crippen LogP contribution in [0.2, 0.25) is 5.02 Å². The number of benzene rings is 2. The van der Waals surface area contributed by atoms with E-state index in [1.54, 1.807) is 43.3 Å². The van der Waals surface area contributed by atoms with E-state index >= 15 is 0 Å². The fourth-order valence-electron chi connectivity index (χ4n) is 2.28. The summed E-state index contributed by atoms with van der Waals surface area (Å²) in [7, 11) is -2.25. The van der Waals surface area contributed by atoms with Gasteiger partial charge in [0.15, 0.2) is 0 Å². The van der Waals surface area contributed by atoms with Gasteiger partial charge in [0, 0.05) is 18.1 Å². The summed E-state index contributed by atoms with van der Waals surface area (Å²) in [6.07, 6.45) is 0. The summed E-state index contributed by atoms with van der Waals surface area (Å²) in [5.41, 5.74) is 0.879. The molecule has 0 aromatic heterocycles. The van der Waals surface area contributed by atoms with Crippen LogP contribution in [0, 0.1) is 0 Å². The Labute approximate surface area is 158 Å². The van der Waals surface area contributed by atoms with Gasteiger partial charge in [-0.15, -0.1) is 0 Å². The van der Waals surface area contributed by atoms with Crippen molar-refractivity contribution in [3.63, 3.8) is 0 Å². The first kappa shape index (κ1) is 20.2. The van der Waals surface area contributed by atoms with Crippen molar-refractivity contribution in [2.75, 3.05) is 20.2 Å². The van der Waals surface area contributed by atoms with E-state index < -0.39 is 10.0 Å². The van der Waals surface area contributed by atoms with Crippen LogP contribution in [0.15, 0.2) is 53.4 Å². The predicted molar refractivity (Wildman–Crippen MR) is 101 cm³/mol. The predicted octanol–water partition coefficient (Wildman–Crippen LogP) is 2.68. The zero-order valence-electron chi connectivity index (χ0n) is 14.6. The lowest BCUT2D eigenvalue weighted by atomic mass is 10.2. The SMILES string of the molecule is CCN(CC(=O)NCc1ccc(Cl)cc1)S(=O)(=O)c1ccc(OC)cc1. The minimum atomic E-state index is -3.76. The topological polar surface area (TPSA) is 75.7 Å². The first-order valence-corrected chi connectivity index (χ1v) is 9.84. The van der Waals surface area contributed by atoms with E-state index in [9.17, 15) is 13.2 Å². The van der Waals surface area contributed by atoms with Crippen molar-refractivity contribution >= 4 is 27.5 Å². The number of carbonyl (C=O) groups is 1. The Hall–Kier alpha value is -2.09. The number of methoxy groups -OCH3 is 1. The Kier molecular flexibility index (Phi) is 7.02. The normalized spacial score (nSPS) is 11.4. The quantitative estimate of drug-likeness (QED) is 0.744. The molecule has 8 heteroatoms. The average molecular weight is 397 g/mol. The third-order valence-corrected chi connectivity index (χ3v) is 5.96. The van der Waals surface area contributed by atoms with Crippen LogP contribution in [-0.4, -0.2) is 38.8 Å².